The largest absolute Gasteiger partial charge is 0.319 e. The van der Waals surface area contributed by atoms with Crippen molar-refractivity contribution in [3.63, 3.8) is 0 Å². The number of aromatic nitrogens is 1. The summed E-state index contributed by atoms with van der Waals surface area (Å²) in [5.74, 6) is 0.553. The highest BCUT2D eigenvalue weighted by Crippen LogP contribution is 2.16. The normalized spacial score (nSPS) is 12.6. The zero-order chi connectivity index (χ0) is 15.1. The molecular weight excluding hydrogens is 258 g/mol. The van der Waals surface area contributed by atoms with E-state index in [4.69, 9.17) is 0 Å². The van der Waals surface area contributed by atoms with Gasteiger partial charge in [0.25, 0.3) is 0 Å². The van der Waals surface area contributed by atoms with E-state index in [9.17, 15) is 0 Å². The van der Waals surface area contributed by atoms with Gasteiger partial charge in [-0.2, -0.15) is 0 Å². The Hall–Kier alpha value is -1.71. The van der Waals surface area contributed by atoms with Crippen LogP contribution in [-0.2, 0) is 13.1 Å². The quantitative estimate of drug-likeness (QED) is 0.846. The van der Waals surface area contributed by atoms with Crippen molar-refractivity contribution < 1.29 is 0 Å². The number of hydrogen-bond acceptors (Lipinski definition) is 3. The van der Waals surface area contributed by atoms with Crippen molar-refractivity contribution in [1.29, 1.82) is 0 Å². The number of nitrogens with one attached hydrogen (secondary N) is 1. The van der Waals surface area contributed by atoms with Gasteiger partial charge in [0.2, 0.25) is 0 Å². The first-order valence-electron chi connectivity index (χ1n) is 7.50. The zero-order valence-corrected chi connectivity index (χ0v) is 13.2. The third-order valence-corrected chi connectivity index (χ3v) is 3.69. The zero-order valence-electron chi connectivity index (χ0n) is 13.2. The highest BCUT2D eigenvalue weighted by molar-refractivity contribution is 5.25. The van der Waals surface area contributed by atoms with Gasteiger partial charge in [0, 0.05) is 32.0 Å². The number of nitrogens with zero attached hydrogens (tertiary/aromatic N) is 2. The van der Waals surface area contributed by atoms with Crippen molar-refractivity contribution in [3.8, 4) is 0 Å². The Morgan fingerprint density at radius 1 is 1.10 bits per heavy atom. The second-order valence-corrected chi connectivity index (χ2v) is 5.73. The fraction of sp³-hybridized carbons (Fsp3) is 0.389. The van der Waals surface area contributed by atoms with Crippen molar-refractivity contribution in [2.75, 3.05) is 20.6 Å². The van der Waals surface area contributed by atoms with Crippen LogP contribution in [0.4, 0.5) is 0 Å². The van der Waals surface area contributed by atoms with Crippen LogP contribution >= 0.6 is 0 Å². The summed E-state index contributed by atoms with van der Waals surface area (Å²) in [5, 5.41) is 3.23. The number of pyridine rings is 1. The van der Waals surface area contributed by atoms with Crippen LogP contribution in [0.3, 0.4) is 0 Å². The summed E-state index contributed by atoms with van der Waals surface area (Å²) in [6, 6.07) is 13.1. The fourth-order valence-corrected chi connectivity index (χ4v) is 2.55. The number of likely N-dealkylation sites (N-methyl/N-ethyl adjacent to an activating group) is 1. The van der Waals surface area contributed by atoms with E-state index in [-0.39, 0.29) is 0 Å². The van der Waals surface area contributed by atoms with E-state index >= 15 is 0 Å². The van der Waals surface area contributed by atoms with Gasteiger partial charge in [-0.3, -0.25) is 9.88 Å². The summed E-state index contributed by atoms with van der Waals surface area (Å²) in [4.78, 5) is 6.47. The maximum atomic E-state index is 4.16. The van der Waals surface area contributed by atoms with Gasteiger partial charge in [0.1, 0.15) is 0 Å². The molecule has 2 aromatic rings. The van der Waals surface area contributed by atoms with Gasteiger partial charge in [-0.25, -0.2) is 0 Å². The Bertz CT molecular complexity index is 522. The minimum absolute atomic E-state index is 0.553. The molecule has 112 valence electrons. The molecule has 0 aliphatic rings. The molecule has 1 aromatic carbocycles. The van der Waals surface area contributed by atoms with Crippen LogP contribution < -0.4 is 5.32 Å². The van der Waals surface area contributed by atoms with Crippen LogP contribution in [0.5, 0.6) is 0 Å². The van der Waals surface area contributed by atoms with E-state index in [2.05, 4.69) is 59.5 Å². The molecule has 0 spiro atoms. The Morgan fingerprint density at radius 2 is 1.81 bits per heavy atom. The van der Waals surface area contributed by atoms with E-state index in [0.717, 1.165) is 19.6 Å². The Morgan fingerprint density at radius 3 is 2.43 bits per heavy atom. The van der Waals surface area contributed by atoms with Crippen molar-refractivity contribution in [1.82, 2.24) is 15.2 Å². The third kappa shape index (κ3) is 4.96. The summed E-state index contributed by atoms with van der Waals surface area (Å²) >= 11 is 0. The molecule has 1 aromatic heterocycles. The summed E-state index contributed by atoms with van der Waals surface area (Å²) in [6.45, 7) is 5.14. The first kappa shape index (κ1) is 15.7. The molecular formula is C18H25N3. The maximum Gasteiger partial charge on any atom is 0.0312 e. The lowest BCUT2D eigenvalue weighted by molar-refractivity contribution is 0.318. The molecule has 21 heavy (non-hydrogen) atoms. The molecule has 1 N–H and O–H groups in total. The molecule has 0 amide bonds. The monoisotopic (exact) mass is 283 g/mol. The van der Waals surface area contributed by atoms with E-state index in [1.54, 1.807) is 0 Å². The Balaban J connectivity index is 1.90. The van der Waals surface area contributed by atoms with Crippen molar-refractivity contribution >= 4 is 0 Å². The van der Waals surface area contributed by atoms with Crippen LogP contribution in [0.2, 0.25) is 0 Å². The minimum atomic E-state index is 0.553. The molecule has 0 aliphatic heterocycles. The number of rotatable bonds is 7. The second kappa shape index (κ2) is 7.91. The van der Waals surface area contributed by atoms with E-state index in [1.165, 1.54) is 16.7 Å². The predicted molar refractivity (Wildman–Crippen MR) is 88.2 cm³/mol. The lowest BCUT2D eigenvalue weighted by Crippen LogP contribution is -2.17. The highest BCUT2D eigenvalue weighted by Gasteiger charge is 2.05. The van der Waals surface area contributed by atoms with E-state index in [1.807, 2.05) is 25.5 Å². The Labute approximate surface area is 128 Å². The summed E-state index contributed by atoms with van der Waals surface area (Å²) < 4.78 is 0. The van der Waals surface area contributed by atoms with Crippen LogP contribution in [0.15, 0.2) is 48.8 Å². The van der Waals surface area contributed by atoms with Gasteiger partial charge in [0.05, 0.1) is 0 Å². The van der Waals surface area contributed by atoms with Crippen molar-refractivity contribution in [2.45, 2.75) is 25.9 Å². The van der Waals surface area contributed by atoms with Crippen LogP contribution in [0, 0.1) is 0 Å². The molecule has 1 heterocycles. The predicted octanol–water partition coefficient (Wildman–Crippen LogP) is 3.04. The average molecular weight is 283 g/mol. The van der Waals surface area contributed by atoms with Crippen LogP contribution in [0.25, 0.3) is 0 Å². The van der Waals surface area contributed by atoms with Gasteiger partial charge in [-0.05, 0) is 42.8 Å². The van der Waals surface area contributed by atoms with Crippen LogP contribution in [-0.4, -0.2) is 30.5 Å². The molecule has 0 bridgehead atoms. The van der Waals surface area contributed by atoms with Crippen LogP contribution in [0.1, 0.15) is 29.5 Å². The van der Waals surface area contributed by atoms with Crippen molar-refractivity contribution in [3.05, 3.63) is 65.5 Å². The topological polar surface area (TPSA) is 28.2 Å². The second-order valence-electron chi connectivity index (χ2n) is 5.73. The molecule has 0 aliphatic carbocycles. The van der Waals surface area contributed by atoms with Gasteiger partial charge in [0.15, 0.2) is 0 Å². The lowest BCUT2D eigenvalue weighted by atomic mass is 10.00. The maximum absolute atomic E-state index is 4.16. The van der Waals surface area contributed by atoms with E-state index in [0.29, 0.717) is 5.92 Å². The van der Waals surface area contributed by atoms with E-state index < -0.39 is 0 Å². The first-order chi connectivity index (χ1) is 10.2. The fourth-order valence-electron chi connectivity index (χ4n) is 2.55. The molecule has 0 fully saturated rings. The smallest absolute Gasteiger partial charge is 0.0312 e. The first-order valence-corrected chi connectivity index (χ1v) is 7.50. The minimum Gasteiger partial charge on any atom is -0.319 e. The lowest BCUT2D eigenvalue weighted by Gasteiger charge is -2.17. The van der Waals surface area contributed by atoms with Gasteiger partial charge in [-0.1, -0.05) is 37.3 Å². The molecule has 3 nitrogen and oxygen atoms in total. The van der Waals surface area contributed by atoms with Crippen molar-refractivity contribution in [2.24, 2.45) is 0 Å². The van der Waals surface area contributed by atoms with Gasteiger partial charge >= 0.3 is 0 Å². The highest BCUT2D eigenvalue weighted by atomic mass is 15.1. The molecule has 2 rings (SSSR count). The molecule has 0 saturated carbocycles. The third-order valence-electron chi connectivity index (χ3n) is 3.69. The molecule has 1 atom stereocenters. The molecule has 3 heteroatoms. The Kier molecular flexibility index (Phi) is 5.90. The van der Waals surface area contributed by atoms with Gasteiger partial charge in [-0.15, -0.1) is 0 Å². The number of benzene rings is 1. The molecule has 1 unspecified atom stereocenters. The molecule has 0 radical (unpaired) electrons. The standard InChI is InChI=1S/C18H25N3/c1-15(11-19-2)18-8-6-16(7-9-18)13-21(3)14-17-5-4-10-20-12-17/h4-10,12,15,19H,11,13-14H2,1-3H3. The average Bonchev–Trinajstić information content (AvgIpc) is 2.49. The van der Waals surface area contributed by atoms with Gasteiger partial charge < -0.3 is 5.32 Å². The summed E-state index contributed by atoms with van der Waals surface area (Å²) in [6.07, 6.45) is 3.74. The number of hydrogen-bond donors (Lipinski definition) is 1. The summed E-state index contributed by atoms with van der Waals surface area (Å²) in [5.41, 5.74) is 3.99. The molecule has 0 saturated heterocycles. The summed E-state index contributed by atoms with van der Waals surface area (Å²) in [7, 11) is 4.14. The SMILES string of the molecule is CNCC(C)c1ccc(CN(C)Cc2cccnc2)cc1.